The van der Waals surface area contributed by atoms with Crippen molar-refractivity contribution in [2.45, 2.75) is 0 Å². The third kappa shape index (κ3) is 494. The third-order valence-electron chi connectivity index (χ3n) is 0. The van der Waals surface area contributed by atoms with Gasteiger partial charge in [-0.2, -0.15) is 0 Å². The van der Waals surface area contributed by atoms with Gasteiger partial charge in [0.1, 0.15) is 0 Å². The van der Waals surface area contributed by atoms with Crippen LogP contribution in [0.15, 0.2) is 0 Å². The number of carboxylic acid groups (broad SMARTS) is 2. The Labute approximate surface area is 55.7 Å². The second-order valence-corrected chi connectivity index (χ2v) is 0.283. The van der Waals surface area contributed by atoms with Crippen LogP contribution in [0.3, 0.4) is 0 Å². The van der Waals surface area contributed by atoms with Crippen LogP contribution in [0.1, 0.15) is 0 Å². The van der Waals surface area contributed by atoms with Crippen molar-refractivity contribution in [1.82, 2.24) is 0 Å². The van der Waals surface area contributed by atoms with Gasteiger partial charge in [-0.05, 0) is 0 Å². The van der Waals surface area contributed by atoms with E-state index in [1.165, 1.54) is 0 Å². The average molecular weight is 172 g/mol. The summed E-state index contributed by atoms with van der Waals surface area (Å²) in [6.45, 7) is 0. The molecule has 2 N–H and O–H groups in total. The molecule has 0 atom stereocenters. The van der Waals surface area contributed by atoms with Gasteiger partial charge in [0.05, 0.1) is 0 Å². The van der Waals surface area contributed by atoms with Gasteiger partial charge in [-0.3, -0.25) is 0 Å². The molecule has 0 amide bonds. The monoisotopic (exact) mass is 172 g/mol. The van der Waals surface area contributed by atoms with E-state index in [1.807, 2.05) is 0 Å². The van der Waals surface area contributed by atoms with E-state index in [1.54, 1.807) is 0 Å². The van der Waals surface area contributed by atoms with Crippen LogP contribution in [0.2, 0.25) is 0 Å². The molecule has 5 heteroatoms. The van der Waals surface area contributed by atoms with Crippen molar-refractivity contribution in [2.75, 3.05) is 0 Å². The number of carbonyl (C=O) groups is 1. The Balaban J connectivity index is -0.0000000450. The summed E-state index contributed by atoms with van der Waals surface area (Å²) < 4.78 is 0. The van der Waals surface area contributed by atoms with E-state index in [4.69, 9.17) is 15.0 Å². The fourth-order valence-electron chi connectivity index (χ4n) is 0. The molecule has 38 valence electrons. The van der Waals surface area contributed by atoms with Crippen LogP contribution in [0.25, 0.3) is 0 Å². The van der Waals surface area contributed by atoms with Gasteiger partial charge in [0, 0.05) is 34.1 Å². The van der Waals surface area contributed by atoms with Gasteiger partial charge in [-0.15, -0.1) is 0 Å². The minimum atomic E-state index is -1.83. The maximum absolute atomic E-state index is 8.56. The van der Waals surface area contributed by atoms with Crippen molar-refractivity contribution < 1.29 is 49.1 Å². The largest absolute Gasteiger partial charge is 0.503 e. The Hall–Kier alpha value is 0.309. The van der Waals surface area contributed by atoms with Crippen molar-refractivity contribution in [1.29, 1.82) is 0 Å². The summed E-state index contributed by atoms with van der Waals surface area (Å²) in [5.41, 5.74) is 0. The molecule has 0 aromatic heterocycles. The maximum Gasteiger partial charge on any atom is 0.503 e. The molecule has 0 fully saturated rings. The molecule has 0 aliphatic carbocycles. The molecule has 0 aromatic carbocycles. The van der Waals surface area contributed by atoms with Crippen molar-refractivity contribution in [2.24, 2.45) is 0 Å². The van der Waals surface area contributed by atoms with Gasteiger partial charge >= 0.3 is 6.16 Å². The van der Waals surface area contributed by atoms with Gasteiger partial charge in [0.15, 0.2) is 0 Å². The molecular weight excluding hydrogens is 170 g/mol. The fraction of sp³-hybridized carbons (Fsp3) is 0. The first-order chi connectivity index (χ1) is 1.73. The van der Waals surface area contributed by atoms with E-state index in [9.17, 15) is 0 Å². The molecule has 0 aromatic rings. The van der Waals surface area contributed by atoms with Crippen LogP contribution in [-0.2, 0) is 34.1 Å². The topological polar surface area (TPSA) is 57.5 Å². The Morgan fingerprint density at radius 3 is 1.17 bits per heavy atom. The zero-order chi connectivity index (χ0) is 3.58. The third-order valence-corrected chi connectivity index (χ3v) is 0. The molecule has 0 aliphatic heterocycles. The Morgan fingerprint density at radius 2 is 1.17 bits per heavy atom. The molecule has 6 heavy (non-hydrogen) atoms. The minimum Gasteiger partial charge on any atom is -0.450 e. The van der Waals surface area contributed by atoms with E-state index in [-0.39, 0.29) is 34.1 Å². The first-order valence-corrected chi connectivity index (χ1v) is 0.651. The molecule has 0 bridgehead atoms. The van der Waals surface area contributed by atoms with Gasteiger partial charge in [0.25, 0.3) is 0 Å². The Bertz CT molecular complexity index is 31.8. The van der Waals surface area contributed by atoms with E-state index >= 15 is 0 Å². The zero-order valence-corrected chi connectivity index (χ0v) is 4.92. The van der Waals surface area contributed by atoms with Crippen molar-refractivity contribution >= 4 is 6.16 Å². The molecule has 0 heterocycles. The number of hydrogen-bond acceptors (Lipinski definition) is 1. The maximum atomic E-state index is 8.56. The standard InChI is InChI=1S/CH2O3.2Mn/c2-1(3)4;;/h(H2,2,3,4);;. The van der Waals surface area contributed by atoms with E-state index in [0.29, 0.717) is 0 Å². The van der Waals surface area contributed by atoms with Crippen LogP contribution in [0.5, 0.6) is 0 Å². The SMILES string of the molecule is O=C(O)O.[Mn].[Mn]. The van der Waals surface area contributed by atoms with E-state index in [0.717, 1.165) is 0 Å². The number of rotatable bonds is 0. The fourth-order valence-corrected chi connectivity index (χ4v) is 0. The predicted molar refractivity (Wildman–Crippen MR) is 10.7 cm³/mol. The minimum absolute atomic E-state index is 0. The zero-order valence-electron chi connectivity index (χ0n) is 2.56. The second kappa shape index (κ2) is 9.00. The van der Waals surface area contributed by atoms with E-state index < -0.39 is 6.16 Å². The van der Waals surface area contributed by atoms with Crippen LogP contribution in [0, 0.1) is 0 Å². The summed E-state index contributed by atoms with van der Waals surface area (Å²) in [7, 11) is 0. The number of hydrogen-bond donors (Lipinski definition) is 2. The normalized spacial score (nSPS) is 4.00. The molecule has 0 spiro atoms. The molecule has 0 unspecified atom stereocenters. The quantitative estimate of drug-likeness (QED) is 0.513. The van der Waals surface area contributed by atoms with Gasteiger partial charge in [-0.25, -0.2) is 4.79 Å². The molecule has 3 nitrogen and oxygen atoms in total. The summed E-state index contributed by atoms with van der Waals surface area (Å²) >= 11 is 0. The summed E-state index contributed by atoms with van der Waals surface area (Å²) in [6.07, 6.45) is -1.83. The van der Waals surface area contributed by atoms with Crippen molar-refractivity contribution in [3.05, 3.63) is 0 Å². The van der Waals surface area contributed by atoms with Crippen LogP contribution in [0.4, 0.5) is 4.79 Å². The molecule has 0 rings (SSSR count). The van der Waals surface area contributed by atoms with Crippen LogP contribution in [-0.4, -0.2) is 16.4 Å². The van der Waals surface area contributed by atoms with Gasteiger partial charge in [-0.1, -0.05) is 0 Å². The summed E-state index contributed by atoms with van der Waals surface area (Å²) in [5, 5.41) is 13.9. The summed E-state index contributed by atoms with van der Waals surface area (Å²) in [4.78, 5) is 8.56. The van der Waals surface area contributed by atoms with Gasteiger partial charge < -0.3 is 10.2 Å². The van der Waals surface area contributed by atoms with E-state index in [2.05, 4.69) is 0 Å². The average Bonchev–Trinajstić information content (AvgIpc) is 0.811. The summed E-state index contributed by atoms with van der Waals surface area (Å²) in [6, 6.07) is 0. The van der Waals surface area contributed by atoms with Gasteiger partial charge in [0.2, 0.25) is 0 Å². The molecule has 0 saturated carbocycles. The summed E-state index contributed by atoms with van der Waals surface area (Å²) in [5.74, 6) is 0. The predicted octanol–water partition coefficient (Wildman–Crippen LogP) is 0.217. The second-order valence-electron chi connectivity index (χ2n) is 0.283. The first kappa shape index (κ1) is 16.2. The Morgan fingerprint density at radius 1 is 1.17 bits per heavy atom. The smallest absolute Gasteiger partial charge is 0.450 e. The Kier molecular flexibility index (Phi) is 24.4. The van der Waals surface area contributed by atoms with Crippen molar-refractivity contribution in [3.8, 4) is 0 Å². The molecule has 0 aliphatic rings. The molecule has 0 saturated heterocycles. The first-order valence-electron chi connectivity index (χ1n) is 0.651. The van der Waals surface area contributed by atoms with Crippen molar-refractivity contribution in [3.63, 3.8) is 0 Å². The van der Waals surface area contributed by atoms with Crippen LogP contribution < -0.4 is 0 Å². The van der Waals surface area contributed by atoms with Crippen LogP contribution >= 0.6 is 0 Å². The molecule has 2 radical (unpaired) electrons. The molecular formula is CH2Mn2O3.